The van der Waals surface area contributed by atoms with Gasteiger partial charge in [-0.2, -0.15) is 0 Å². The molecule has 0 fully saturated rings. The van der Waals surface area contributed by atoms with Crippen molar-refractivity contribution in [2.45, 2.75) is 67.6 Å². The Morgan fingerprint density at radius 3 is 2.12 bits per heavy atom. The number of hydrogen-bond donors (Lipinski definition) is 0. The molecule has 4 aromatic carbocycles. The van der Waals surface area contributed by atoms with Gasteiger partial charge >= 0.3 is 0 Å². The Labute approximate surface area is 312 Å². The standard InChI is InChI=1S/C26H20NO.C19H26NSi.Ir/c1-16-9-10-27-24(14-16)23-6-4-5-22-21-8-7-19(15-25(21)28-26(22)23)20-12-17(2)11-18(3)13-20;1-19(2,3)13-16-12-17(15-10-8-7-9-11-15)20-14-18(16)21(4,5)6;/h4-5,7-15H,1-3H3;7-10,12,14H,13H2,1-6H3;/q2*-1;. The second kappa shape index (κ2) is 15.0. The number of aryl methyl sites for hydroxylation is 3. The molecule has 0 saturated carbocycles. The van der Waals surface area contributed by atoms with Gasteiger partial charge in [0.05, 0.1) is 13.7 Å². The van der Waals surface area contributed by atoms with E-state index in [1.807, 2.05) is 36.5 Å². The van der Waals surface area contributed by atoms with Crippen molar-refractivity contribution in [3.8, 4) is 33.6 Å². The number of aromatic nitrogens is 2. The molecular weight excluding hydrogens is 805 g/mol. The van der Waals surface area contributed by atoms with Crippen LogP contribution in [-0.2, 0) is 26.5 Å². The fourth-order valence-corrected chi connectivity index (χ4v) is 8.09. The van der Waals surface area contributed by atoms with E-state index in [1.165, 1.54) is 33.0 Å². The Morgan fingerprint density at radius 1 is 0.700 bits per heavy atom. The van der Waals surface area contributed by atoms with Gasteiger partial charge < -0.3 is 14.4 Å². The Hall–Kier alpha value is -4.15. The summed E-state index contributed by atoms with van der Waals surface area (Å²) >= 11 is 0. The van der Waals surface area contributed by atoms with Crippen molar-refractivity contribution < 1.29 is 24.5 Å². The van der Waals surface area contributed by atoms with Crippen LogP contribution in [0.5, 0.6) is 0 Å². The molecule has 0 atom stereocenters. The minimum Gasteiger partial charge on any atom is -0.501 e. The van der Waals surface area contributed by atoms with Gasteiger partial charge in [0.1, 0.15) is 5.58 Å². The normalized spacial score (nSPS) is 11.6. The predicted molar refractivity (Wildman–Crippen MR) is 210 cm³/mol. The summed E-state index contributed by atoms with van der Waals surface area (Å²) in [6.45, 7) is 20.4. The van der Waals surface area contributed by atoms with Gasteiger partial charge in [-0.3, -0.25) is 0 Å². The number of nitrogens with zero attached hydrogens (tertiary/aromatic N) is 2. The molecule has 0 saturated heterocycles. The zero-order chi connectivity index (χ0) is 34.9. The molecule has 3 heterocycles. The van der Waals surface area contributed by atoms with Gasteiger partial charge in [0, 0.05) is 37.9 Å². The molecule has 5 heteroatoms. The van der Waals surface area contributed by atoms with E-state index in [2.05, 4.69) is 145 Å². The number of fused-ring (bicyclic) bond motifs is 3. The Balaban J connectivity index is 0.000000199. The fraction of sp³-hybridized carbons (Fsp3) is 0.244. The molecule has 0 spiro atoms. The van der Waals surface area contributed by atoms with Crippen LogP contribution in [0.25, 0.3) is 55.6 Å². The van der Waals surface area contributed by atoms with Gasteiger partial charge in [-0.25, -0.2) is 0 Å². The van der Waals surface area contributed by atoms with Gasteiger partial charge in [0.15, 0.2) is 0 Å². The summed E-state index contributed by atoms with van der Waals surface area (Å²) in [5.74, 6) is 0. The fourth-order valence-electron chi connectivity index (χ4n) is 6.52. The summed E-state index contributed by atoms with van der Waals surface area (Å²) in [6, 6.07) is 38.1. The van der Waals surface area contributed by atoms with Crippen LogP contribution in [-0.4, -0.2) is 18.0 Å². The summed E-state index contributed by atoms with van der Waals surface area (Å²) in [4.78, 5) is 9.23. The SMILES string of the molecule is CC(C)(C)Cc1cc(-c2[c-]cccc2)ncc1[Si](C)(C)C.Cc1cc(C)cc(-c2ccc3c(c2)oc2c(-c4cc(C)ccn4)[c-]ccc23)c1.[Ir]. The first-order chi connectivity index (χ1) is 23.2. The molecule has 257 valence electrons. The van der Waals surface area contributed by atoms with Gasteiger partial charge in [-0.05, 0) is 72.4 Å². The molecule has 0 aliphatic heterocycles. The zero-order valence-corrected chi connectivity index (χ0v) is 34.1. The van der Waals surface area contributed by atoms with Crippen LogP contribution < -0.4 is 5.19 Å². The average molecular weight is 851 g/mol. The van der Waals surface area contributed by atoms with E-state index in [4.69, 9.17) is 9.40 Å². The van der Waals surface area contributed by atoms with Crippen molar-refractivity contribution in [1.82, 2.24) is 9.97 Å². The molecule has 0 unspecified atom stereocenters. The Bertz CT molecular complexity index is 2240. The average Bonchev–Trinajstić information content (AvgIpc) is 3.42. The smallest absolute Gasteiger partial charge is 0.121 e. The van der Waals surface area contributed by atoms with E-state index in [0.29, 0.717) is 0 Å². The third-order valence-electron chi connectivity index (χ3n) is 8.66. The minimum atomic E-state index is -1.37. The molecule has 3 aromatic heterocycles. The second-order valence-corrected chi connectivity index (χ2v) is 20.5. The van der Waals surface area contributed by atoms with E-state index in [1.54, 1.807) is 0 Å². The maximum absolute atomic E-state index is 6.33. The van der Waals surface area contributed by atoms with Crippen LogP contribution in [0.1, 0.15) is 43.0 Å². The first-order valence-electron chi connectivity index (χ1n) is 17.1. The van der Waals surface area contributed by atoms with Crippen molar-refractivity contribution in [2.24, 2.45) is 5.41 Å². The maximum atomic E-state index is 6.33. The summed E-state index contributed by atoms with van der Waals surface area (Å²) in [5, 5.41) is 3.70. The third-order valence-corrected chi connectivity index (χ3v) is 10.7. The molecule has 0 aliphatic rings. The number of furan rings is 1. The Morgan fingerprint density at radius 2 is 1.46 bits per heavy atom. The van der Waals surface area contributed by atoms with Gasteiger partial charge in [0.2, 0.25) is 0 Å². The van der Waals surface area contributed by atoms with Crippen molar-refractivity contribution in [3.05, 3.63) is 138 Å². The third kappa shape index (κ3) is 8.58. The molecule has 7 aromatic rings. The quantitative estimate of drug-likeness (QED) is 0.128. The van der Waals surface area contributed by atoms with Crippen LogP contribution in [0.3, 0.4) is 0 Å². The molecule has 50 heavy (non-hydrogen) atoms. The zero-order valence-electron chi connectivity index (χ0n) is 30.7. The topological polar surface area (TPSA) is 38.9 Å². The first-order valence-corrected chi connectivity index (χ1v) is 20.6. The molecule has 0 aliphatic carbocycles. The number of hydrogen-bond acceptors (Lipinski definition) is 3. The summed E-state index contributed by atoms with van der Waals surface area (Å²) in [7, 11) is -1.37. The molecular formula is C45H46IrN2OSi-2. The second-order valence-electron chi connectivity index (χ2n) is 15.5. The van der Waals surface area contributed by atoms with E-state index >= 15 is 0 Å². The van der Waals surface area contributed by atoms with Gasteiger partial charge in [-0.1, -0.05) is 116 Å². The van der Waals surface area contributed by atoms with Crippen LogP contribution >= 0.6 is 0 Å². The van der Waals surface area contributed by atoms with Crippen molar-refractivity contribution in [3.63, 3.8) is 0 Å². The van der Waals surface area contributed by atoms with E-state index in [9.17, 15) is 0 Å². The van der Waals surface area contributed by atoms with Crippen molar-refractivity contribution >= 4 is 35.2 Å². The van der Waals surface area contributed by atoms with E-state index in [-0.39, 0.29) is 25.5 Å². The summed E-state index contributed by atoms with van der Waals surface area (Å²) in [6.07, 6.45) is 5.04. The molecule has 0 N–H and O–H groups in total. The van der Waals surface area contributed by atoms with Crippen LogP contribution in [0, 0.1) is 38.3 Å². The van der Waals surface area contributed by atoms with Crippen LogP contribution in [0.2, 0.25) is 19.6 Å². The molecule has 7 rings (SSSR count). The number of pyridine rings is 2. The van der Waals surface area contributed by atoms with Gasteiger partial charge in [0.25, 0.3) is 0 Å². The van der Waals surface area contributed by atoms with Crippen LogP contribution in [0.4, 0.5) is 0 Å². The van der Waals surface area contributed by atoms with E-state index < -0.39 is 8.07 Å². The molecule has 1 radical (unpaired) electrons. The number of rotatable bonds is 5. The minimum absolute atomic E-state index is 0. The Kier molecular flexibility index (Phi) is 11.1. The monoisotopic (exact) mass is 851 g/mol. The maximum Gasteiger partial charge on any atom is 0.121 e. The van der Waals surface area contributed by atoms with Crippen molar-refractivity contribution in [1.29, 1.82) is 0 Å². The summed E-state index contributed by atoms with van der Waals surface area (Å²) < 4.78 is 6.33. The van der Waals surface area contributed by atoms with Crippen molar-refractivity contribution in [2.75, 3.05) is 0 Å². The molecule has 0 amide bonds. The molecule has 0 bridgehead atoms. The van der Waals surface area contributed by atoms with E-state index in [0.717, 1.165) is 56.4 Å². The molecule has 3 nitrogen and oxygen atoms in total. The van der Waals surface area contributed by atoms with Gasteiger partial charge in [-0.15, -0.1) is 54.1 Å². The first kappa shape index (κ1) is 37.1. The number of benzene rings is 4. The van der Waals surface area contributed by atoms with Crippen LogP contribution in [0.15, 0.2) is 108 Å². The predicted octanol–water partition coefficient (Wildman–Crippen LogP) is 11.7. The summed E-state index contributed by atoms with van der Waals surface area (Å²) in [5.41, 5.74) is 13.5. The largest absolute Gasteiger partial charge is 0.501 e.